The molecule has 2 aromatic carbocycles. The van der Waals surface area contributed by atoms with Crippen molar-refractivity contribution in [2.24, 2.45) is 5.92 Å². The van der Waals surface area contributed by atoms with E-state index in [1.165, 1.54) is 11.1 Å². The first-order valence-electron chi connectivity index (χ1n) is 9.98. The van der Waals surface area contributed by atoms with Gasteiger partial charge in [0, 0.05) is 24.3 Å². The van der Waals surface area contributed by atoms with Gasteiger partial charge in [-0.05, 0) is 41.8 Å². The lowest BCUT2D eigenvalue weighted by Crippen LogP contribution is -2.22. The number of aliphatic hydroxyl groups is 1. The smallest absolute Gasteiger partial charge is 0.122 e. The molecule has 0 unspecified atom stereocenters. The molecular weight excluding hydrogens is 388 g/mol. The van der Waals surface area contributed by atoms with Gasteiger partial charge in [-0.1, -0.05) is 45.0 Å². The lowest BCUT2D eigenvalue weighted by atomic mass is 9.77. The number of hydrogen-bond acceptors (Lipinski definition) is 4. The zero-order valence-corrected chi connectivity index (χ0v) is 18.8. The van der Waals surface area contributed by atoms with Gasteiger partial charge in [0.25, 0.3) is 0 Å². The molecule has 0 saturated heterocycles. The van der Waals surface area contributed by atoms with Crippen LogP contribution in [-0.4, -0.2) is 44.0 Å². The normalized spacial score (nSPS) is 13.8. The Bertz CT molecular complexity index is 758. The molecule has 160 valence electrons. The van der Waals surface area contributed by atoms with E-state index in [0.717, 1.165) is 17.1 Å². The monoisotopic (exact) mass is 420 g/mol. The van der Waals surface area contributed by atoms with E-state index in [1.807, 2.05) is 18.2 Å². The van der Waals surface area contributed by atoms with Crippen molar-refractivity contribution in [3.05, 3.63) is 59.2 Å². The third kappa shape index (κ3) is 6.63. The summed E-state index contributed by atoms with van der Waals surface area (Å²) >= 11 is 5.86. The summed E-state index contributed by atoms with van der Waals surface area (Å²) in [5.74, 6) is 2.55. The minimum atomic E-state index is -0.632. The molecule has 2 rings (SSSR count). The number of alkyl halides is 1. The van der Waals surface area contributed by atoms with Gasteiger partial charge < -0.3 is 19.3 Å². The summed E-state index contributed by atoms with van der Waals surface area (Å²) in [6.07, 6.45) is -0.632. The molecule has 0 spiro atoms. The van der Waals surface area contributed by atoms with Crippen molar-refractivity contribution in [3.8, 4) is 11.5 Å². The Labute approximate surface area is 179 Å². The molecule has 0 heterocycles. The summed E-state index contributed by atoms with van der Waals surface area (Å²) in [5, 5.41) is 9.71. The number of aliphatic hydroxyl groups excluding tert-OH is 1. The molecule has 1 N–H and O–H groups in total. The van der Waals surface area contributed by atoms with Crippen molar-refractivity contribution in [2.45, 2.75) is 39.2 Å². The van der Waals surface area contributed by atoms with Gasteiger partial charge in [0.05, 0.1) is 13.2 Å². The van der Waals surface area contributed by atoms with Crippen molar-refractivity contribution in [2.75, 3.05) is 32.8 Å². The fourth-order valence-electron chi connectivity index (χ4n) is 3.04. The highest BCUT2D eigenvalue weighted by molar-refractivity contribution is 6.18. The molecular formula is C24H33ClO4. The number of ether oxygens (including phenoxy) is 3. The number of halogens is 1. The van der Waals surface area contributed by atoms with E-state index in [2.05, 4.69) is 52.0 Å². The standard InChI is InChI=1S/C24H33ClO4/c1-17(13-25)14-29-23-11-8-20(12-18(23)2)24(3,4)19-6-9-22(10-7-19)28-16-21(26)15-27-5/h6-12,17,21,26H,13-16H2,1-5H3/t17-,21+/m0/s1. The van der Waals surface area contributed by atoms with Crippen LogP contribution in [0.4, 0.5) is 0 Å². The molecule has 2 aromatic rings. The van der Waals surface area contributed by atoms with Gasteiger partial charge in [0.15, 0.2) is 0 Å². The van der Waals surface area contributed by atoms with Gasteiger partial charge in [0.1, 0.15) is 24.2 Å². The second-order valence-corrected chi connectivity index (χ2v) is 8.43. The van der Waals surface area contributed by atoms with Crippen LogP contribution in [0, 0.1) is 12.8 Å². The molecule has 5 heteroatoms. The first-order valence-corrected chi connectivity index (χ1v) is 10.5. The molecule has 0 amide bonds. The van der Waals surface area contributed by atoms with E-state index in [0.29, 0.717) is 18.4 Å². The minimum Gasteiger partial charge on any atom is -0.493 e. The van der Waals surface area contributed by atoms with Gasteiger partial charge in [-0.3, -0.25) is 0 Å². The van der Waals surface area contributed by atoms with Gasteiger partial charge in [0.2, 0.25) is 0 Å². The number of hydrogen-bond donors (Lipinski definition) is 1. The van der Waals surface area contributed by atoms with Crippen molar-refractivity contribution in [3.63, 3.8) is 0 Å². The van der Waals surface area contributed by atoms with Crippen LogP contribution in [-0.2, 0) is 10.2 Å². The summed E-state index contributed by atoms with van der Waals surface area (Å²) in [6.45, 7) is 9.64. The Kier molecular flexibility index (Phi) is 8.81. The molecule has 0 aliphatic carbocycles. The molecule has 0 aromatic heterocycles. The van der Waals surface area contributed by atoms with Gasteiger partial charge >= 0.3 is 0 Å². The van der Waals surface area contributed by atoms with E-state index >= 15 is 0 Å². The molecule has 0 aliphatic rings. The second-order valence-electron chi connectivity index (χ2n) is 8.12. The van der Waals surface area contributed by atoms with Crippen LogP contribution in [0.2, 0.25) is 0 Å². The first kappa shape index (κ1) is 23.5. The third-order valence-corrected chi connectivity index (χ3v) is 5.59. The van der Waals surface area contributed by atoms with Crippen molar-refractivity contribution < 1.29 is 19.3 Å². The van der Waals surface area contributed by atoms with Gasteiger partial charge in [-0.25, -0.2) is 0 Å². The summed E-state index contributed by atoms with van der Waals surface area (Å²) in [7, 11) is 1.56. The largest absolute Gasteiger partial charge is 0.493 e. The Hall–Kier alpha value is -1.75. The predicted octanol–water partition coefficient (Wildman–Crippen LogP) is 4.96. The Morgan fingerprint density at radius 3 is 2.21 bits per heavy atom. The molecule has 0 aliphatic heterocycles. The number of aryl methyl sites for hydroxylation is 1. The third-order valence-electron chi connectivity index (χ3n) is 5.06. The average molecular weight is 421 g/mol. The van der Waals surface area contributed by atoms with Crippen LogP contribution in [0.25, 0.3) is 0 Å². The first-order chi connectivity index (χ1) is 13.8. The maximum absolute atomic E-state index is 9.71. The van der Waals surface area contributed by atoms with Crippen LogP contribution in [0.3, 0.4) is 0 Å². The van der Waals surface area contributed by atoms with Gasteiger partial charge in [-0.15, -0.1) is 11.6 Å². The Morgan fingerprint density at radius 2 is 1.62 bits per heavy atom. The molecule has 0 bridgehead atoms. The minimum absolute atomic E-state index is 0.166. The number of rotatable bonds is 11. The SMILES string of the molecule is COC[C@@H](O)COc1ccc(C(C)(C)c2ccc(OC[C@@H](C)CCl)c(C)c2)cc1. The maximum Gasteiger partial charge on any atom is 0.122 e. The van der Waals surface area contributed by atoms with Crippen LogP contribution >= 0.6 is 11.6 Å². The van der Waals surface area contributed by atoms with Crippen molar-refractivity contribution >= 4 is 11.6 Å². The fraction of sp³-hybridized carbons (Fsp3) is 0.500. The zero-order valence-electron chi connectivity index (χ0n) is 18.1. The van der Waals surface area contributed by atoms with E-state index in [4.69, 9.17) is 25.8 Å². The van der Waals surface area contributed by atoms with Crippen molar-refractivity contribution in [1.29, 1.82) is 0 Å². The molecule has 29 heavy (non-hydrogen) atoms. The average Bonchev–Trinajstić information content (AvgIpc) is 2.71. The lowest BCUT2D eigenvalue weighted by Gasteiger charge is -2.27. The summed E-state index contributed by atoms with van der Waals surface area (Å²) in [5.41, 5.74) is 3.35. The van der Waals surface area contributed by atoms with Crippen LogP contribution in [0.15, 0.2) is 42.5 Å². The van der Waals surface area contributed by atoms with E-state index in [1.54, 1.807) is 7.11 Å². The van der Waals surface area contributed by atoms with Gasteiger partial charge in [-0.2, -0.15) is 0 Å². The number of benzene rings is 2. The Balaban J connectivity index is 2.08. The summed E-state index contributed by atoms with van der Waals surface area (Å²) in [6, 6.07) is 14.4. The molecule has 0 radical (unpaired) electrons. The fourth-order valence-corrected chi connectivity index (χ4v) is 3.13. The second kappa shape index (κ2) is 10.9. The molecule has 0 saturated carbocycles. The molecule has 0 fully saturated rings. The zero-order chi connectivity index (χ0) is 21.4. The van der Waals surface area contributed by atoms with Crippen LogP contribution < -0.4 is 9.47 Å². The predicted molar refractivity (Wildman–Crippen MR) is 119 cm³/mol. The van der Waals surface area contributed by atoms with E-state index in [9.17, 15) is 5.11 Å². The van der Waals surface area contributed by atoms with E-state index < -0.39 is 6.10 Å². The highest BCUT2D eigenvalue weighted by Gasteiger charge is 2.24. The highest BCUT2D eigenvalue weighted by atomic mass is 35.5. The topological polar surface area (TPSA) is 47.9 Å². The molecule has 2 atom stereocenters. The lowest BCUT2D eigenvalue weighted by molar-refractivity contribution is 0.0325. The Morgan fingerprint density at radius 1 is 0.966 bits per heavy atom. The maximum atomic E-state index is 9.71. The summed E-state index contributed by atoms with van der Waals surface area (Å²) < 4.78 is 16.5. The summed E-state index contributed by atoms with van der Waals surface area (Å²) in [4.78, 5) is 0. The van der Waals surface area contributed by atoms with Crippen LogP contribution in [0.1, 0.15) is 37.5 Å². The van der Waals surface area contributed by atoms with E-state index in [-0.39, 0.29) is 18.6 Å². The highest BCUT2D eigenvalue weighted by Crippen LogP contribution is 2.34. The van der Waals surface area contributed by atoms with Crippen molar-refractivity contribution in [1.82, 2.24) is 0 Å². The molecule has 4 nitrogen and oxygen atoms in total. The quantitative estimate of drug-likeness (QED) is 0.522. The number of methoxy groups -OCH3 is 1. The van der Waals surface area contributed by atoms with Crippen LogP contribution in [0.5, 0.6) is 11.5 Å².